The van der Waals surface area contributed by atoms with Gasteiger partial charge in [0.1, 0.15) is 6.04 Å². The molecule has 2 rings (SSSR count). The summed E-state index contributed by atoms with van der Waals surface area (Å²) in [5.74, 6) is 0.259. The highest BCUT2D eigenvalue weighted by Gasteiger charge is 2.34. The number of methoxy groups -OCH3 is 1. The quantitative estimate of drug-likeness (QED) is 0.778. The van der Waals surface area contributed by atoms with Crippen LogP contribution in [-0.2, 0) is 27.3 Å². The number of benzene rings is 1. The van der Waals surface area contributed by atoms with Gasteiger partial charge in [0.2, 0.25) is 11.8 Å². The van der Waals surface area contributed by atoms with E-state index < -0.39 is 6.04 Å². The maximum Gasteiger partial charge on any atom is 0.243 e. The minimum absolute atomic E-state index is 0.0524. The maximum absolute atomic E-state index is 12.6. The second-order valence-corrected chi connectivity index (χ2v) is 6.75. The van der Waals surface area contributed by atoms with Crippen LogP contribution in [-0.4, -0.2) is 43.0 Å². The van der Waals surface area contributed by atoms with E-state index in [1.807, 2.05) is 38.1 Å². The van der Waals surface area contributed by atoms with Crippen LogP contribution in [0.2, 0.25) is 0 Å². The van der Waals surface area contributed by atoms with E-state index in [-0.39, 0.29) is 17.7 Å². The number of amides is 2. The molecular formula is C19H28N2O3. The summed E-state index contributed by atoms with van der Waals surface area (Å²) in [7, 11) is 1.65. The molecule has 0 bridgehead atoms. The Labute approximate surface area is 144 Å². The molecule has 1 atom stereocenters. The van der Waals surface area contributed by atoms with Gasteiger partial charge in [-0.1, -0.05) is 38.1 Å². The molecule has 1 aliphatic rings. The predicted octanol–water partition coefficient (Wildman–Crippen LogP) is 2.14. The predicted molar refractivity (Wildman–Crippen MR) is 93.4 cm³/mol. The number of rotatable bonds is 7. The first-order chi connectivity index (χ1) is 11.5. The van der Waals surface area contributed by atoms with Crippen molar-refractivity contribution in [3.63, 3.8) is 0 Å². The number of carbonyl (C=O) groups excluding carboxylic acids is 2. The lowest BCUT2D eigenvalue weighted by Gasteiger charge is -2.36. The average Bonchev–Trinajstić information content (AvgIpc) is 2.56. The number of hydrogen-bond acceptors (Lipinski definition) is 3. The van der Waals surface area contributed by atoms with Crippen molar-refractivity contribution in [1.29, 1.82) is 0 Å². The average molecular weight is 332 g/mol. The molecule has 0 radical (unpaired) electrons. The lowest BCUT2D eigenvalue weighted by Crippen LogP contribution is -2.52. The first kappa shape index (κ1) is 18.5. The van der Waals surface area contributed by atoms with Crippen LogP contribution < -0.4 is 5.32 Å². The molecule has 1 heterocycles. The number of fused-ring (bicyclic) bond motifs is 1. The van der Waals surface area contributed by atoms with Crippen molar-refractivity contribution in [2.45, 2.75) is 45.7 Å². The van der Waals surface area contributed by atoms with Crippen LogP contribution in [0.15, 0.2) is 24.3 Å². The topological polar surface area (TPSA) is 58.6 Å². The van der Waals surface area contributed by atoms with E-state index in [4.69, 9.17) is 4.74 Å². The standard InChI is InChI=1S/C19H28N2O3/c1-14(2)11-18(22)21-13-16-8-5-4-7-15(16)12-17(21)19(23)20-9-6-10-24-3/h4-5,7-8,14,17H,6,9-13H2,1-3H3,(H,20,23). The Morgan fingerprint density at radius 2 is 2.00 bits per heavy atom. The van der Waals surface area contributed by atoms with Crippen LogP contribution in [0.3, 0.4) is 0 Å². The van der Waals surface area contributed by atoms with E-state index in [2.05, 4.69) is 5.32 Å². The maximum atomic E-state index is 12.6. The number of nitrogens with one attached hydrogen (secondary N) is 1. The Bertz CT molecular complexity index is 571. The lowest BCUT2D eigenvalue weighted by molar-refractivity contribution is -0.142. The van der Waals surface area contributed by atoms with Gasteiger partial charge >= 0.3 is 0 Å². The van der Waals surface area contributed by atoms with Crippen molar-refractivity contribution in [3.8, 4) is 0 Å². The Balaban J connectivity index is 2.11. The number of ether oxygens (including phenoxy) is 1. The molecule has 0 spiro atoms. The number of nitrogens with zero attached hydrogens (tertiary/aromatic N) is 1. The van der Waals surface area contributed by atoms with Gasteiger partial charge in [-0.25, -0.2) is 0 Å². The molecule has 0 aliphatic carbocycles. The smallest absolute Gasteiger partial charge is 0.243 e. The zero-order valence-corrected chi connectivity index (χ0v) is 14.9. The van der Waals surface area contributed by atoms with Crippen LogP contribution in [0.1, 0.15) is 37.8 Å². The molecule has 1 aromatic carbocycles. The third kappa shape index (κ3) is 4.81. The summed E-state index contributed by atoms with van der Waals surface area (Å²) in [4.78, 5) is 27.0. The molecule has 0 aromatic heterocycles. The number of carbonyl (C=O) groups is 2. The summed E-state index contributed by atoms with van der Waals surface area (Å²) >= 11 is 0. The third-order valence-electron chi connectivity index (χ3n) is 4.28. The van der Waals surface area contributed by atoms with Crippen LogP contribution >= 0.6 is 0 Å². The Morgan fingerprint density at radius 3 is 2.67 bits per heavy atom. The summed E-state index contributed by atoms with van der Waals surface area (Å²) in [6, 6.07) is 7.63. The molecule has 2 amide bonds. The van der Waals surface area contributed by atoms with E-state index in [0.717, 1.165) is 17.5 Å². The lowest BCUT2D eigenvalue weighted by atomic mass is 9.92. The van der Waals surface area contributed by atoms with Crippen molar-refractivity contribution in [2.24, 2.45) is 5.92 Å². The molecule has 24 heavy (non-hydrogen) atoms. The van der Waals surface area contributed by atoms with Gasteiger partial charge in [-0.3, -0.25) is 9.59 Å². The van der Waals surface area contributed by atoms with E-state index >= 15 is 0 Å². The summed E-state index contributed by atoms with van der Waals surface area (Å²) in [5.41, 5.74) is 2.29. The Kier molecular flexibility index (Phi) is 6.79. The highest BCUT2D eigenvalue weighted by Crippen LogP contribution is 2.24. The summed E-state index contributed by atoms with van der Waals surface area (Å²) in [5, 5.41) is 2.94. The fourth-order valence-electron chi connectivity index (χ4n) is 3.03. The third-order valence-corrected chi connectivity index (χ3v) is 4.28. The van der Waals surface area contributed by atoms with Gasteiger partial charge < -0.3 is 15.0 Å². The molecule has 0 saturated carbocycles. The van der Waals surface area contributed by atoms with E-state index in [1.54, 1.807) is 12.0 Å². The fourth-order valence-corrected chi connectivity index (χ4v) is 3.03. The summed E-state index contributed by atoms with van der Waals surface area (Å²) in [6.07, 6.45) is 1.82. The molecule has 1 N–H and O–H groups in total. The van der Waals surface area contributed by atoms with Crippen LogP contribution in [0, 0.1) is 5.92 Å². The van der Waals surface area contributed by atoms with Gasteiger partial charge in [0.25, 0.3) is 0 Å². The highest BCUT2D eigenvalue weighted by atomic mass is 16.5. The molecule has 1 unspecified atom stereocenters. The van der Waals surface area contributed by atoms with Gasteiger partial charge in [-0.05, 0) is 23.5 Å². The molecule has 5 heteroatoms. The largest absolute Gasteiger partial charge is 0.385 e. The Morgan fingerprint density at radius 1 is 1.29 bits per heavy atom. The molecule has 1 aliphatic heterocycles. The molecule has 132 valence electrons. The highest BCUT2D eigenvalue weighted by molar-refractivity contribution is 5.88. The van der Waals surface area contributed by atoms with E-state index in [0.29, 0.717) is 32.5 Å². The molecule has 1 aromatic rings. The Hall–Kier alpha value is -1.88. The van der Waals surface area contributed by atoms with Gasteiger partial charge in [0.05, 0.1) is 0 Å². The van der Waals surface area contributed by atoms with Crippen LogP contribution in [0.25, 0.3) is 0 Å². The number of hydrogen-bond donors (Lipinski definition) is 1. The monoisotopic (exact) mass is 332 g/mol. The van der Waals surface area contributed by atoms with E-state index in [9.17, 15) is 9.59 Å². The van der Waals surface area contributed by atoms with Crippen molar-refractivity contribution in [1.82, 2.24) is 10.2 Å². The molecule has 0 saturated heterocycles. The van der Waals surface area contributed by atoms with E-state index in [1.165, 1.54) is 0 Å². The summed E-state index contributed by atoms with van der Waals surface area (Å²) < 4.78 is 5.00. The van der Waals surface area contributed by atoms with Gasteiger partial charge in [0, 0.05) is 39.6 Å². The van der Waals surface area contributed by atoms with Gasteiger partial charge in [-0.2, -0.15) is 0 Å². The first-order valence-corrected chi connectivity index (χ1v) is 8.65. The van der Waals surface area contributed by atoms with Crippen LogP contribution in [0.5, 0.6) is 0 Å². The first-order valence-electron chi connectivity index (χ1n) is 8.65. The fraction of sp³-hybridized carbons (Fsp3) is 0.579. The SMILES string of the molecule is COCCCNC(=O)C1Cc2ccccc2CN1C(=O)CC(C)C. The summed E-state index contributed by atoms with van der Waals surface area (Å²) in [6.45, 7) is 5.74. The van der Waals surface area contributed by atoms with Crippen molar-refractivity contribution in [2.75, 3.05) is 20.3 Å². The van der Waals surface area contributed by atoms with Crippen molar-refractivity contribution < 1.29 is 14.3 Å². The van der Waals surface area contributed by atoms with Gasteiger partial charge in [-0.15, -0.1) is 0 Å². The minimum Gasteiger partial charge on any atom is -0.385 e. The minimum atomic E-state index is -0.423. The molecule has 0 fully saturated rings. The second kappa shape index (κ2) is 8.83. The molecule has 5 nitrogen and oxygen atoms in total. The van der Waals surface area contributed by atoms with Crippen molar-refractivity contribution >= 4 is 11.8 Å². The van der Waals surface area contributed by atoms with Crippen molar-refractivity contribution in [3.05, 3.63) is 35.4 Å². The molecular weight excluding hydrogens is 304 g/mol. The second-order valence-electron chi connectivity index (χ2n) is 6.75. The normalized spacial score (nSPS) is 16.8. The zero-order chi connectivity index (χ0) is 17.5. The van der Waals surface area contributed by atoms with Crippen LogP contribution in [0.4, 0.5) is 0 Å². The van der Waals surface area contributed by atoms with Gasteiger partial charge in [0.15, 0.2) is 0 Å². The zero-order valence-electron chi connectivity index (χ0n) is 14.9.